The van der Waals surface area contributed by atoms with Crippen molar-refractivity contribution in [3.63, 3.8) is 0 Å². The fraction of sp³-hybridized carbons (Fsp3) is 0.400. The molecular weight excluding hydrogens is 330 g/mol. The van der Waals surface area contributed by atoms with Gasteiger partial charge in [0.2, 0.25) is 0 Å². The van der Waals surface area contributed by atoms with Gasteiger partial charge in [-0.05, 0) is 36.2 Å². The molecule has 1 aliphatic heterocycles. The summed E-state index contributed by atoms with van der Waals surface area (Å²) in [5, 5.41) is 0. The van der Waals surface area contributed by atoms with Gasteiger partial charge in [-0.25, -0.2) is 0 Å². The Kier molecular flexibility index (Phi) is 6.07. The van der Waals surface area contributed by atoms with Gasteiger partial charge in [0.1, 0.15) is 0 Å². The number of pyridine rings is 1. The number of methoxy groups -OCH3 is 2. The summed E-state index contributed by atoms with van der Waals surface area (Å²) in [6, 6.07) is 9.66. The van der Waals surface area contributed by atoms with Crippen molar-refractivity contribution in [3.05, 3.63) is 53.9 Å². The Morgan fingerprint density at radius 1 is 1.08 bits per heavy atom. The van der Waals surface area contributed by atoms with Gasteiger partial charge in [0.05, 0.1) is 19.8 Å². The summed E-state index contributed by atoms with van der Waals surface area (Å²) in [5.74, 6) is 1.58. The number of piperazine rings is 1. The number of nitrogens with zero attached hydrogens (tertiary/aromatic N) is 3. The highest BCUT2D eigenvalue weighted by Gasteiger charge is 2.22. The Morgan fingerprint density at radius 3 is 2.50 bits per heavy atom. The minimum Gasteiger partial charge on any atom is -0.493 e. The molecule has 3 rings (SSSR count). The lowest BCUT2D eigenvalue weighted by atomic mass is 10.1. The minimum absolute atomic E-state index is 0.0673. The maximum Gasteiger partial charge on any atom is 0.255 e. The van der Waals surface area contributed by atoms with E-state index in [-0.39, 0.29) is 5.91 Å². The third kappa shape index (κ3) is 4.32. The van der Waals surface area contributed by atoms with Gasteiger partial charge in [-0.3, -0.25) is 14.7 Å². The van der Waals surface area contributed by atoms with Crippen LogP contribution in [0.25, 0.3) is 0 Å². The molecular formula is C20H25N3O3. The van der Waals surface area contributed by atoms with Crippen molar-refractivity contribution in [2.24, 2.45) is 0 Å². The molecule has 0 atom stereocenters. The average Bonchev–Trinajstić information content (AvgIpc) is 2.72. The Labute approximate surface area is 154 Å². The summed E-state index contributed by atoms with van der Waals surface area (Å²) in [4.78, 5) is 20.8. The van der Waals surface area contributed by atoms with Crippen LogP contribution in [0.15, 0.2) is 42.7 Å². The summed E-state index contributed by atoms with van der Waals surface area (Å²) in [6.07, 6.45) is 4.26. The van der Waals surface area contributed by atoms with E-state index in [0.717, 1.165) is 50.6 Å². The van der Waals surface area contributed by atoms with Gasteiger partial charge in [0, 0.05) is 45.1 Å². The number of benzene rings is 1. The molecule has 1 fully saturated rings. The van der Waals surface area contributed by atoms with E-state index in [9.17, 15) is 4.79 Å². The smallest absolute Gasteiger partial charge is 0.255 e. The molecule has 1 amide bonds. The number of aromatic nitrogens is 1. The number of hydrogen-bond acceptors (Lipinski definition) is 5. The molecule has 0 spiro atoms. The number of ether oxygens (including phenoxy) is 2. The molecule has 1 aromatic heterocycles. The lowest BCUT2D eigenvalue weighted by Crippen LogP contribution is -2.49. The highest BCUT2D eigenvalue weighted by atomic mass is 16.5. The number of hydrogen-bond donors (Lipinski definition) is 0. The van der Waals surface area contributed by atoms with Crippen molar-refractivity contribution in [3.8, 4) is 11.5 Å². The molecule has 0 bridgehead atoms. The quantitative estimate of drug-likeness (QED) is 0.794. The van der Waals surface area contributed by atoms with Crippen LogP contribution in [0.3, 0.4) is 0 Å². The van der Waals surface area contributed by atoms with Crippen molar-refractivity contribution in [1.29, 1.82) is 0 Å². The molecule has 0 radical (unpaired) electrons. The SMILES string of the molecule is COc1ccc(CCN2CCN(C(=O)c3cccnc3)CC2)cc1OC. The zero-order chi connectivity index (χ0) is 18.4. The second-order valence-electron chi connectivity index (χ2n) is 6.31. The van der Waals surface area contributed by atoms with Crippen LogP contribution in [0.1, 0.15) is 15.9 Å². The molecule has 1 saturated heterocycles. The summed E-state index contributed by atoms with van der Waals surface area (Å²) >= 11 is 0. The second kappa shape index (κ2) is 8.67. The monoisotopic (exact) mass is 355 g/mol. The largest absolute Gasteiger partial charge is 0.493 e. The number of carbonyl (C=O) groups is 1. The fourth-order valence-electron chi connectivity index (χ4n) is 3.17. The van der Waals surface area contributed by atoms with Crippen molar-refractivity contribution in [2.45, 2.75) is 6.42 Å². The zero-order valence-electron chi connectivity index (χ0n) is 15.4. The molecule has 2 aromatic rings. The third-order valence-electron chi connectivity index (χ3n) is 4.73. The number of amides is 1. The molecule has 0 saturated carbocycles. The van der Waals surface area contributed by atoms with Crippen LogP contribution in [0.2, 0.25) is 0 Å². The predicted octanol–water partition coefficient (Wildman–Crippen LogP) is 2.10. The molecule has 6 nitrogen and oxygen atoms in total. The minimum atomic E-state index is 0.0673. The van der Waals surface area contributed by atoms with Gasteiger partial charge in [0.15, 0.2) is 11.5 Å². The first-order valence-corrected chi connectivity index (χ1v) is 8.84. The van der Waals surface area contributed by atoms with Crippen molar-refractivity contribution >= 4 is 5.91 Å². The molecule has 26 heavy (non-hydrogen) atoms. The summed E-state index contributed by atoms with van der Waals surface area (Å²) in [7, 11) is 3.30. The first-order valence-electron chi connectivity index (χ1n) is 8.84. The van der Waals surface area contributed by atoms with Gasteiger partial charge < -0.3 is 14.4 Å². The average molecular weight is 355 g/mol. The topological polar surface area (TPSA) is 54.9 Å². The van der Waals surface area contributed by atoms with E-state index in [1.54, 1.807) is 32.7 Å². The molecule has 0 unspecified atom stereocenters. The third-order valence-corrected chi connectivity index (χ3v) is 4.73. The zero-order valence-corrected chi connectivity index (χ0v) is 15.4. The summed E-state index contributed by atoms with van der Waals surface area (Å²) in [5.41, 5.74) is 1.88. The van der Waals surface area contributed by atoms with E-state index in [0.29, 0.717) is 5.56 Å². The van der Waals surface area contributed by atoms with Crippen LogP contribution in [0.5, 0.6) is 11.5 Å². The number of carbonyl (C=O) groups excluding carboxylic acids is 1. The lowest BCUT2D eigenvalue weighted by molar-refractivity contribution is 0.0638. The fourth-order valence-corrected chi connectivity index (χ4v) is 3.17. The van der Waals surface area contributed by atoms with Gasteiger partial charge in [0.25, 0.3) is 5.91 Å². The van der Waals surface area contributed by atoms with Crippen LogP contribution >= 0.6 is 0 Å². The Hall–Kier alpha value is -2.60. The molecule has 6 heteroatoms. The highest BCUT2D eigenvalue weighted by Crippen LogP contribution is 2.27. The van der Waals surface area contributed by atoms with Crippen LogP contribution in [0.4, 0.5) is 0 Å². The molecule has 2 heterocycles. The van der Waals surface area contributed by atoms with Crippen LogP contribution in [0, 0.1) is 0 Å². The second-order valence-corrected chi connectivity index (χ2v) is 6.31. The van der Waals surface area contributed by atoms with E-state index in [4.69, 9.17) is 9.47 Å². The maximum atomic E-state index is 12.5. The first-order chi connectivity index (χ1) is 12.7. The lowest BCUT2D eigenvalue weighted by Gasteiger charge is -2.34. The van der Waals surface area contributed by atoms with Crippen molar-refractivity contribution in [2.75, 3.05) is 46.9 Å². The van der Waals surface area contributed by atoms with E-state index >= 15 is 0 Å². The van der Waals surface area contributed by atoms with Crippen LogP contribution in [-0.4, -0.2) is 67.6 Å². The summed E-state index contributed by atoms with van der Waals surface area (Å²) < 4.78 is 10.6. The van der Waals surface area contributed by atoms with E-state index in [1.807, 2.05) is 23.1 Å². The van der Waals surface area contributed by atoms with Gasteiger partial charge in [-0.2, -0.15) is 0 Å². The summed E-state index contributed by atoms with van der Waals surface area (Å²) in [6.45, 7) is 4.24. The van der Waals surface area contributed by atoms with Crippen molar-refractivity contribution < 1.29 is 14.3 Å². The molecule has 0 N–H and O–H groups in total. The molecule has 1 aliphatic rings. The Morgan fingerprint density at radius 2 is 1.85 bits per heavy atom. The van der Waals surface area contributed by atoms with E-state index in [1.165, 1.54) is 5.56 Å². The highest BCUT2D eigenvalue weighted by molar-refractivity contribution is 5.93. The Bertz CT molecular complexity index is 728. The van der Waals surface area contributed by atoms with Gasteiger partial charge in [-0.1, -0.05) is 6.07 Å². The Balaban J connectivity index is 1.49. The molecule has 0 aliphatic carbocycles. The van der Waals surface area contributed by atoms with Gasteiger partial charge >= 0.3 is 0 Å². The standard InChI is InChI=1S/C20H25N3O3/c1-25-18-6-5-16(14-19(18)26-2)7-9-22-10-12-23(13-11-22)20(24)17-4-3-8-21-15-17/h3-6,8,14-15H,7,9-13H2,1-2H3. The predicted molar refractivity (Wildman–Crippen MR) is 99.8 cm³/mol. The van der Waals surface area contributed by atoms with E-state index in [2.05, 4.69) is 16.0 Å². The van der Waals surface area contributed by atoms with Crippen LogP contribution in [-0.2, 0) is 6.42 Å². The van der Waals surface area contributed by atoms with E-state index < -0.39 is 0 Å². The van der Waals surface area contributed by atoms with Gasteiger partial charge in [-0.15, -0.1) is 0 Å². The van der Waals surface area contributed by atoms with Crippen molar-refractivity contribution in [1.82, 2.24) is 14.8 Å². The maximum absolute atomic E-state index is 12.5. The van der Waals surface area contributed by atoms with Crippen LogP contribution < -0.4 is 9.47 Å². The molecule has 1 aromatic carbocycles. The number of rotatable bonds is 6. The normalized spacial score (nSPS) is 14.9. The first kappa shape index (κ1) is 18.2. The molecule has 138 valence electrons.